The van der Waals surface area contributed by atoms with E-state index in [-0.39, 0.29) is 28.0 Å². The van der Waals surface area contributed by atoms with Crippen molar-refractivity contribution >= 4 is 5.78 Å². The van der Waals surface area contributed by atoms with E-state index < -0.39 is 6.43 Å². The van der Waals surface area contributed by atoms with Crippen LogP contribution < -0.4 is 0 Å². The van der Waals surface area contributed by atoms with E-state index in [9.17, 15) is 13.6 Å². The van der Waals surface area contributed by atoms with Crippen molar-refractivity contribution < 1.29 is 13.6 Å². The van der Waals surface area contributed by atoms with Crippen LogP contribution in [0.4, 0.5) is 8.78 Å². The topological polar surface area (TPSA) is 40.9 Å². The van der Waals surface area contributed by atoms with E-state index in [1.54, 1.807) is 13.0 Å². The number of carbonyl (C=O) groups is 1. The maximum atomic E-state index is 12.8. The smallest absolute Gasteiger partial charge is 0.265 e. The predicted octanol–water partition coefficient (Wildman–Crippen LogP) is 3.26. The Morgan fingerprint density at radius 3 is 2.50 bits per heavy atom. The van der Waals surface area contributed by atoms with Crippen molar-refractivity contribution in [3.05, 3.63) is 34.4 Å². The average molecular weight is 223 g/mol. The molecule has 0 bridgehead atoms. The van der Waals surface area contributed by atoms with Crippen LogP contribution in [0.25, 0.3) is 0 Å². The molecule has 0 aliphatic carbocycles. The molecule has 0 N–H and O–H groups in total. The number of halogens is 2. The van der Waals surface area contributed by atoms with Crippen LogP contribution in [-0.4, -0.2) is 5.78 Å². The van der Waals surface area contributed by atoms with Crippen LogP contribution in [-0.2, 0) is 6.42 Å². The van der Waals surface area contributed by atoms with Gasteiger partial charge in [0.25, 0.3) is 6.43 Å². The van der Waals surface area contributed by atoms with Gasteiger partial charge in [-0.2, -0.15) is 5.26 Å². The molecule has 0 fully saturated rings. The van der Waals surface area contributed by atoms with Gasteiger partial charge in [-0.3, -0.25) is 4.79 Å². The number of hydrogen-bond acceptors (Lipinski definition) is 2. The monoisotopic (exact) mass is 223 g/mol. The lowest BCUT2D eigenvalue weighted by molar-refractivity contribution is 0.101. The maximum Gasteiger partial charge on any atom is 0.265 e. The number of rotatable bonds is 3. The van der Waals surface area contributed by atoms with Crippen molar-refractivity contribution in [1.82, 2.24) is 0 Å². The van der Waals surface area contributed by atoms with Crippen molar-refractivity contribution in [1.29, 1.82) is 5.26 Å². The van der Waals surface area contributed by atoms with E-state index in [2.05, 4.69) is 0 Å². The Labute approximate surface area is 92.5 Å². The summed E-state index contributed by atoms with van der Waals surface area (Å²) in [5.41, 5.74) is 0.188. The third-order valence-corrected chi connectivity index (χ3v) is 2.43. The third kappa shape index (κ3) is 2.08. The van der Waals surface area contributed by atoms with Gasteiger partial charge in [0.2, 0.25) is 0 Å². The number of alkyl halides is 2. The molecule has 0 heterocycles. The molecule has 0 aliphatic heterocycles. The minimum Gasteiger partial charge on any atom is -0.295 e. The van der Waals surface area contributed by atoms with E-state index in [1.165, 1.54) is 19.1 Å². The van der Waals surface area contributed by atoms with Crippen molar-refractivity contribution in [3.8, 4) is 6.07 Å². The highest BCUT2D eigenvalue weighted by Gasteiger charge is 2.21. The Morgan fingerprint density at radius 1 is 1.50 bits per heavy atom. The molecular formula is C12H11F2NO. The largest absolute Gasteiger partial charge is 0.295 e. The summed E-state index contributed by atoms with van der Waals surface area (Å²) in [6.45, 7) is 3.02. The molecule has 0 spiro atoms. The molecule has 0 amide bonds. The van der Waals surface area contributed by atoms with Crippen molar-refractivity contribution in [2.75, 3.05) is 0 Å². The summed E-state index contributed by atoms with van der Waals surface area (Å²) < 4.78 is 25.7. The minimum atomic E-state index is -2.73. The second kappa shape index (κ2) is 4.84. The highest BCUT2D eigenvalue weighted by atomic mass is 19.3. The number of benzene rings is 1. The van der Waals surface area contributed by atoms with Crippen LogP contribution in [0.15, 0.2) is 12.1 Å². The zero-order valence-electron chi connectivity index (χ0n) is 9.05. The van der Waals surface area contributed by atoms with Crippen LogP contribution in [0.5, 0.6) is 0 Å². The molecule has 0 aromatic heterocycles. The fraction of sp³-hybridized carbons (Fsp3) is 0.333. The normalized spacial score (nSPS) is 10.2. The molecule has 0 radical (unpaired) electrons. The lowest BCUT2D eigenvalue weighted by atomic mass is 9.93. The number of carbonyl (C=O) groups excluding carboxylic acids is 1. The molecule has 84 valence electrons. The van der Waals surface area contributed by atoms with Crippen molar-refractivity contribution in [3.63, 3.8) is 0 Å². The van der Waals surface area contributed by atoms with Gasteiger partial charge in [-0.1, -0.05) is 6.92 Å². The van der Waals surface area contributed by atoms with Gasteiger partial charge in [-0.25, -0.2) is 8.78 Å². The van der Waals surface area contributed by atoms with Gasteiger partial charge >= 0.3 is 0 Å². The summed E-state index contributed by atoms with van der Waals surface area (Å²) in [4.78, 5) is 11.3. The third-order valence-electron chi connectivity index (χ3n) is 2.43. The molecule has 1 aromatic carbocycles. The summed E-state index contributed by atoms with van der Waals surface area (Å²) in [7, 11) is 0. The summed E-state index contributed by atoms with van der Waals surface area (Å²) in [6, 6.07) is 4.44. The van der Waals surface area contributed by atoms with Gasteiger partial charge in [0, 0.05) is 11.1 Å². The van der Waals surface area contributed by atoms with E-state index in [1.807, 2.05) is 0 Å². The Balaban J connectivity index is 3.57. The van der Waals surface area contributed by atoms with E-state index in [0.717, 1.165) is 0 Å². The fourth-order valence-corrected chi connectivity index (χ4v) is 1.72. The van der Waals surface area contributed by atoms with Crippen molar-refractivity contribution in [2.45, 2.75) is 26.7 Å². The summed E-state index contributed by atoms with van der Waals surface area (Å²) >= 11 is 0. The van der Waals surface area contributed by atoms with E-state index >= 15 is 0 Å². The molecule has 0 aliphatic rings. The Kier molecular flexibility index (Phi) is 3.73. The van der Waals surface area contributed by atoms with Crippen molar-refractivity contribution in [2.24, 2.45) is 0 Å². The number of Topliss-reactive ketones (excluding diaryl/α,β-unsaturated/α-hetero) is 1. The van der Waals surface area contributed by atoms with Crippen LogP contribution in [0.2, 0.25) is 0 Å². The van der Waals surface area contributed by atoms with Gasteiger partial charge in [0.05, 0.1) is 11.6 Å². The molecular weight excluding hydrogens is 212 g/mol. The highest BCUT2D eigenvalue weighted by Crippen LogP contribution is 2.29. The molecule has 1 aromatic rings. The Bertz CT molecular complexity index is 461. The average Bonchev–Trinajstić information content (AvgIpc) is 2.26. The molecule has 4 heteroatoms. The molecule has 0 unspecified atom stereocenters. The number of nitriles is 1. The Hall–Kier alpha value is -1.76. The maximum absolute atomic E-state index is 12.8. The first-order valence-corrected chi connectivity index (χ1v) is 4.87. The predicted molar refractivity (Wildman–Crippen MR) is 55.5 cm³/mol. The second-order valence-corrected chi connectivity index (χ2v) is 3.38. The van der Waals surface area contributed by atoms with Gasteiger partial charge in [0.15, 0.2) is 5.78 Å². The van der Waals surface area contributed by atoms with Gasteiger partial charge in [0.1, 0.15) is 0 Å². The molecule has 16 heavy (non-hydrogen) atoms. The summed E-state index contributed by atoms with van der Waals surface area (Å²) in [5.74, 6) is -0.261. The highest BCUT2D eigenvalue weighted by molar-refractivity contribution is 5.96. The van der Waals surface area contributed by atoms with Gasteiger partial charge < -0.3 is 0 Å². The zero-order valence-corrected chi connectivity index (χ0v) is 9.05. The zero-order chi connectivity index (χ0) is 12.3. The molecule has 1 rings (SSSR count). The first-order chi connectivity index (χ1) is 7.52. The first kappa shape index (κ1) is 12.3. The lowest BCUT2D eigenvalue weighted by Gasteiger charge is -2.12. The second-order valence-electron chi connectivity index (χ2n) is 3.38. The van der Waals surface area contributed by atoms with Crippen LogP contribution in [0, 0.1) is 11.3 Å². The first-order valence-electron chi connectivity index (χ1n) is 4.87. The number of nitrogens with zero attached hydrogens (tertiary/aromatic N) is 1. The SMILES string of the molecule is CCc1c(C(C)=O)ccc(C#N)c1C(F)F. The summed E-state index contributed by atoms with van der Waals surface area (Å²) in [6.07, 6.45) is -2.42. The Morgan fingerprint density at radius 2 is 2.12 bits per heavy atom. The molecule has 0 saturated heterocycles. The number of ketones is 1. The summed E-state index contributed by atoms with van der Waals surface area (Å²) in [5, 5.41) is 8.75. The van der Waals surface area contributed by atoms with E-state index in [4.69, 9.17) is 5.26 Å². The molecule has 0 atom stereocenters. The van der Waals surface area contributed by atoms with Crippen LogP contribution >= 0.6 is 0 Å². The molecule has 2 nitrogen and oxygen atoms in total. The van der Waals surface area contributed by atoms with Gasteiger partial charge in [-0.05, 0) is 31.0 Å². The van der Waals surface area contributed by atoms with Crippen LogP contribution in [0.1, 0.15) is 47.3 Å². The lowest BCUT2D eigenvalue weighted by Crippen LogP contribution is -2.06. The fourth-order valence-electron chi connectivity index (χ4n) is 1.72. The standard InChI is InChI=1S/C12H11F2NO/c1-3-9-10(7(2)16)5-4-8(6-15)11(9)12(13)14/h4-5,12H,3H2,1-2H3. The quantitative estimate of drug-likeness (QED) is 0.738. The molecule has 0 saturated carbocycles. The number of hydrogen-bond donors (Lipinski definition) is 0. The van der Waals surface area contributed by atoms with Crippen LogP contribution in [0.3, 0.4) is 0 Å². The minimum absolute atomic E-state index is 0.0585. The van der Waals surface area contributed by atoms with Gasteiger partial charge in [-0.15, -0.1) is 0 Å². The van der Waals surface area contributed by atoms with E-state index in [0.29, 0.717) is 6.42 Å².